The molecule has 1 aromatic heterocycles. The average molecular weight is 112 g/mol. The van der Waals surface area contributed by atoms with Crippen molar-refractivity contribution in [1.82, 2.24) is 9.89 Å². The van der Waals surface area contributed by atoms with E-state index in [9.17, 15) is 0 Å². The Morgan fingerprint density at radius 2 is 2.62 bits per heavy atom. The first-order valence-corrected chi connectivity index (χ1v) is 2.31. The van der Waals surface area contributed by atoms with E-state index in [1.807, 2.05) is 0 Å². The summed E-state index contributed by atoms with van der Waals surface area (Å²) in [7, 11) is 1.77. The molecule has 0 aromatic carbocycles. The van der Waals surface area contributed by atoms with Gasteiger partial charge in [0.2, 0.25) is 0 Å². The number of nitrogen functional groups attached to an aromatic ring is 1. The molecule has 1 rings (SSSR count). The molecule has 3 N–H and O–H groups in total. The lowest BCUT2D eigenvalue weighted by Gasteiger charge is -1.93. The molecule has 0 radical (unpaired) electrons. The topological polar surface area (TPSA) is 55.9 Å². The summed E-state index contributed by atoms with van der Waals surface area (Å²) in [4.78, 5) is 1.54. The van der Waals surface area contributed by atoms with Crippen molar-refractivity contribution in [1.29, 1.82) is 0 Å². The second-order valence-electron chi connectivity index (χ2n) is 1.44. The van der Waals surface area contributed by atoms with Crippen molar-refractivity contribution in [3.05, 3.63) is 12.4 Å². The van der Waals surface area contributed by atoms with Gasteiger partial charge in [-0.3, -0.25) is 0 Å². The van der Waals surface area contributed by atoms with Gasteiger partial charge in [-0.1, -0.05) is 0 Å². The van der Waals surface area contributed by atoms with Gasteiger partial charge in [0, 0.05) is 7.05 Å². The fraction of sp³-hybridized carbons (Fsp3) is 0.250. The fourth-order valence-electron chi connectivity index (χ4n) is 0.459. The van der Waals surface area contributed by atoms with Crippen LogP contribution in [0.25, 0.3) is 0 Å². The van der Waals surface area contributed by atoms with E-state index in [1.54, 1.807) is 19.4 Å². The lowest BCUT2D eigenvalue weighted by Crippen LogP contribution is -2.08. The minimum absolute atomic E-state index is 0.666. The lowest BCUT2D eigenvalue weighted by atomic mass is 10.6. The highest BCUT2D eigenvalue weighted by molar-refractivity contribution is 5.30. The predicted octanol–water partition coefficient (Wildman–Crippen LogP) is -0.361. The number of hydrogen-bond acceptors (Lipinski definition) is 3. The Morgan fingerprint density at radius 1 is 1.88 bits per heavy atom. The van der Waals surface area contributed by atoms with Crippen LogP contribution in [0.4, 0.5) is 5.69 Å². The van der Waals surface area contributed by atoms with E-state index < -0.39 is 0 Å². The Bertz CT molecular complexity index is 168. The minimum atomic E-state index is 0.666. The van der Waals surface area contributed by atoms with Crippen LogP contribution in [0.1, 0.15) is 0 Å². The highest BCUT2D eigenvalue weighted by Gasteiger charge is 1.85. The highest BCUT2D eigenvalue weighted by atomic mass is 15.5. The highest BCUT2D eigenvalue weighted by Crippen LogP contribution is 1.93. The van der Waals surface area contributed by atoms with Gasteiger partial charge in [0.15, 0.2) is 0 Å². The van der Waals surface area contributed by atoms with Gasteiger partial charge in [0.25, 0.3) is 0 Å². The van der Waals surface area contributed by atoms with E-state index in [0.29, 0.717) is 5.69 Å². The van der Waals surface area contributed by atoms with Gasteiger partial charge >= 0.3 is 0 Å². The molecular formula is C4H8N4. The summed E-state index contributed by atoms with van der Waals surface area (Å²) in [5, 5.41) is 3.81. The number of nitrogens with zero attached hydrogens (tertiary/aromatic N) is 2. The van der Waals surface area contributed by atoms with Crippen molar-refractivity contribution in [3.63, 3.8) is 0 Å². The van der Waals surface area contributed by atoms with Gasteiger partial charge in [-0.2, -0.15) is 9.89 Å². The Balaban J connectivity index is 2.84. The van der Waals surface area contributed by atoms with E-state index in [1.165, 1.54) is 4.79 Å². The smallest absolute Gasteiger partial charge is 0.0740 e. The molecule has 0 aliphatic heterocycles. The van der Waals surface area contributed by atoms with Crippen LogP contribution in [0.15, 0.2) is 12.4 Å². The van der Waals surface area contributed by atoms with E-state index in [4.69, 9.17) is 5.73 Å². The number of nitrogens with two attached hydrogens (primary N) is 1. The number of hydrogen-bond donors (Lipinski definition) is 2. The maximum atomic E-state index is 5.33. The molecule has 0 fully saturated rings. The van der Waals surface area contributed by atoms with Crippen molar-refractivity contribution in [2.45, 2.75) is 0 Å². The second-order valence-corrected chi connectivity index (χ2v) is 1.44. The molecule has 1 heterocycles. The van der Waals surface area contributed by atoms with Crippen molar-refractivity contribution < 1.29 is 0 Å². The van der Waals surface area contributed by atoms with Crippen LogP contribution in [0.3, 0.4) is 0 Å². The van der Waals surface area contributed by atoms with Crippen LogP contribution in [0, 0.1) is 0 Å². The van der Waals surface area contributed by atoms with E-state index >= 15 is 0 Å². The maximum absolute atomic E-state index is 5.33. The lowest BCUT2D eigenvalue weighted by molar-refractivity contribution is 0.782. The zero-order valence-corrected chi connectivity index (χ0v) is 4.63. The number of nitrogens with one attached hydrogen (secondary N) is 1. The van der Waals surface area contributed by atoms with Crippen LogP contribution in [-0.2, 0) is 0 Å². The minimum Gasteiger partial charge on any atom is -0.396 e. The molecule has 0 amide bonds. The van der Waals surface area contributed by atoms with Crippen molar-refractivity contribution >= 4 is 5.69 Å². The van der Waals surface area contributed by atoms with E-state index in [2.05, 4.69) is 10.5 Å². The van der Waals surface area contributed by atoms with Gasteiger partial charge in [0.05, 0.1) is 18.1 Å². The number of anilines is 1. The molecule has 8 heavy (non-hydrogen) atoms. The zero-order valence-electron chi connectivity index (χ0n) is 4.63. The summed E-state index contributed by atoms with van der Waals surface area (Å²) in [6.45, 7) is 0. The van der Waals surface area contributed by atoms with Crippen LogP contribution >= 0.6 is 0 Å². The summed E-state index contributed by atoms with van der Waals surface area (Å²) in [6.07, 6.45) is 3.27. The fourth-order valence-corrected chi connectivity index (χ4v) is 0.459. The molecule has 0 spiro atoms. The number of aromatic nitrogens is 2. The SMILES string of the molecule is CNn1cc(N)cn1. The molecule has 4 nitrogen and oxygen atoms in total. The van der Waals surface area contributed by atoms with Crippen LogP contribution in [0.5, 0.6) is 0 Å². The molecule has 0 aliphatic rings. The molecule has 0 aliphatic carbocycles. The average Bonchev–Trinajstić information content (AvgIpc) is 2.14. The predicted molar refractivity (Wildman–Crippen MR) is 31.9 cm³/mol. The van der Waals surface area contributed by atoms with Crippen molar-refractivity contribution in [2.75, 3.05) is 18.2 Å². The first kappa shape index (κ1) is 4.96. The summed E-state index contributed by atoms with van der Waals surface area (Å²) in [6, 6.07) is 0. The van der Waals surface area contributed by atoms with Crippen molar-refractivity contribution in [2.24, 2.45) is 0 Å². The second kappa shape index (κ2) is 1.73. The Morgan fingerprint density at radius 3 is 2.88 bits per heavy atom. The van der Waals surface area contributed by atoms with Crippen molar-refractivity contribution in [3.8, 4) is 0 Å². The molecule has 0 saturated heterocycles. The molecule has 1 aromatic rings. The monoisotopic (exact) mass is 112 g/mol. The van der Waals surface area contributed by atoms with Gasteiger partial charge in [0.1, 0.15) is 0 Å². The quantitative estimate of drug-likeness (QED) is 0.521. The van der Waals surface area contributed by atoms with Crippen LogP contribution < -0.4 is 11.2 Å². The third-order valence-electron chi connectivity index (χ3n) is 0.832. The first-order chi connectivity index (χ1) is 3.83. The molecule has 44 valence electrons. The summed E-state index contributed by atoms with van der Waals surface area (Å²) in [5.41, 5.74) is 8.77. The molecule has 0 saturated carbocycles. The zero-order chi connectivity index (χ0) is 5.98. The van der Waals surface area contributed by atoms with Gasteiger partial charge in [-0.05, 0) is 0 Å². The van der Waals surface area contributed by atoms with E-state index in [-0.39, 0.29) is 0 Å². The van der Waals surface area contributed by atoms with Gasteiger partial charge in [-0.25, -0.2) is 0 Å². The summed E-state index contributed by atoms with van der Waals surface area (Å²) < 4.78 is 0. The van der Waals surface area contributed by atoms with Crippen LogP contribution in [0.2, 0.25) is 0 Å². The number of rotatable bonds is 1. The third-order valence-corrected chi connectivity index (χ3v) is 0.832. The molecule has 4 heteroatoms. The largest absolute Gasteiger partial charge is 0.396 e. The molecule has 0 atom stereocenters. The molecular weight excluding hydrogens is 104 g/mol. The van der Waals surface area contributed by atoms with Gasteiger partial charge < -0.3 is 11.2 Å². The normalized spacial score (nSPS) is 9.12. The summed E-state index contributed by atoms with van der Waals surface area (Å²) in [5.74, 6) is 0. The maximum Gasteiger partial charge on any atom is 0.0740 e. The van der Waals surface area contributed by atoms with E-state index in [0.717, 1.165) is 0 Å². The Labute approximate surface area is 47.3 Å². The Kier molecular flexibility index (Phi) is 1.07. The molecule has 0 unspecified atom stereocenters. The van der Waals surface area contributed by atoms with Gasteiger partial charge in [-0.15, -0.1) is 0 Å². The third kappa shape index (κ3) is 0.726. The summed E-state index contributed by atoms with van der Waals surface area (Å²) >= 11 is 0. The molecule has 0 bridgehead atoms. The standard InChI is InChI=1S/C4H8N4/c1-6-8-3-4(5)2-7-8/h2-3,6H,5H2,1H3. The Hall–Kier alpha value is -1.19. The van der Waals surface area contributed by atoms with Crippen LogP contribution in [-0.4, -0.2) is 16.9 Å². The first-order valence-electron chi connectivity index (χ1n) is 2.31.